The molecule has 22 heavy (non-hydrogen) atoms. The molecule has 2 aromatic rings. The summed E-state index contributed by atoms with van der Waals surface area (Å²) < 4.78 is 0. The van der Waals surface area contributed by atoms with Crippen LogP contribution in [-0.4, -0.2) is 15.9 Å². The summed E-state index contributed by atoms with van der Waals surface area (Å²) in [6, 6.07) is 6.94. The summed E-state index contributed by atoms with van der Waals surface area (Å²) in [5, 5.41) is 9.31. The van der Waals surface area contributed by atoms with Crippen LogP contribution in [0.4, 0.5) is 0 Å². The van der Waals surface area contributed by atoms with Gasteiger partial charge in [0.25, 0.3) is 5.91 Å². The molecule has 7 heteroatoms. The van der Waals surface area contributed by atoms with Crippen LogP contribution >= 0.6 is 11.6 Å². The molecule has 110 valence electrons. The van der Waals surface area contributed by atoms with Crippen LogP contribution in [-0.2, 0) is 0 Å². The number of nitrogens with zero attached hydrogens (tertiary/aromatic N) is 3. The second-order valence-electron chi connectivity index (χ2n) is 5.08. The molecule has 1 aliphatic rings. The highest BCUT2D eigenvalue weighted by atomic mass is 35.5. The number of pyridine rings is 2. The first-order valence-electron chi connectivity index (χ1n) is 6.71. The molecule has 0 saturated heterocycles. The third-order valence-electron chi connectivity index (χ3n) is 3.48. The molecular formula is C15H12ClN5O. The first kappa shape index (κ1) is 14.4. The van der Waals surface area contributed by atoms with Crippen LogP contribution in [0.5, 0.6) is 0 Å². The van der Waals surface area contributed by atoms with Crippen molar-refractivity contribution in [1.29, 1.82) is 5.26 Å². The molecule has 0 spiro atoms. The maximum absolute atomic E-state index is 12.0. The van der Waals surface area contributed by atoms with Crippen molar-refractivity contribution in [3.63, 3.8) is 0 Å². The lowest BCUT2D eigenvalue weighted by atomic mass is 10.0. The minimum Gasteiger partial charge on any atom is -0.290 e. The Kier molecular flexibility index (Phi) is 3.75. The summed E-state index contributed by atoms with van der Waals surface area (Å²) in [5.41, 5.74) is 4.59. The Bertz CT molecular complexity index is 795. The fourth-order valence-electron chi connectivity index (χ4n) is 2.25. The summed E-state index contributed by atoms with van der Waals surface area (Å²) in [4.78, 5) is 20.5. The van der Waals surface area contributed by atoms with Gasteiger partial charge in [0, 0.05) is 23.4 Å². The van der Waals surface area contributed by atoms with Crippen molar-refractivity contribution in [1.82, 2.24) is 15.4 Å². The Labute approximate surface area is 131 Å². The third kappa shape index (κ3) is 2.77. The van der Waals surface area contributed by atoms with Crippen molar-refractivity contribution >= 4 is 17.5 Å². The Balaban J connectivity index is 2.15. The number of hydrogen-bond acceptors (Lipinski definition) is 5. The SMILES string of the molecule is N#Cc1cnc(-c2cc(Cl)nc(C3CC3)c2)c(C(=O)NN)c1. The van der Waals surface area contributed by atoms with E-state index in [1.165, 1.54) is 12.3 Å². The van der Waals surface area contributed by atoms with E-state index >= 15 is 0 Å². The van der Waals surface area contributed by atoms with Gasteiger partial charge in [-0.05, 0) is 31.0 Å². The van der Waals surface area contributed by atoms with Gasteiger partial charge in [-0.15, -0.1) is 0 Å². The number of aromatic nitrogens is 2. The van der Waals surface area contributed by atoms with Gasteiger partial charge in [0.05, 0.1) is 16.8 Å². The van der Waals surface area contributed by atoms with Crippen molar-refractivity contribution < 1.29 is 4.79 Å². The fourth-order valence-corrected chi connectivity index (χ4v) is 2.46. The van der Waals surface area contributed by atoms with Gasteiger partial charge in [0.15, 0.2) is 0 Å². The summed E-state index contributed by atoms with van der Waals surface area (Å²) in [6.07, 6.45) is 3.58. The fraction of sp³-hybridized carbons (Fsp3) is 0.200. The lowest BCUT2D eigenvalue weighted by molar-refractivity contribution is 0.0954. The molecule has 0 atom stereocenters. The van der Waals surface area contributed by atoms with Gasteiger partial charge >= 0.3 is 0 Å². The van der Waals surface area contributed by atoms with Gasteiger partial charge in [0.2, 0.25) is 0 Å². The Morgan fingerprint density at radius 2 is 2.18 bits per heavy atom. The van der Waals surface area contributed by atoms with E-state index in [0.29, 0.717) is 22.3 Å². The van der Waals surface area contributed by atoms with Crippen LogP contribution in [0.15, 0.2) is 24.4 Å². The van der Waals surface area contributed by atoms with E-state index in [9.17, 15) is 4.79 Å². The number of carbonyl (C=O) groups excluding carboxylic acids is 1. The number of nitrogens with one attached hydrogen (secondary N) is 1. The monoisotopic (exact) mass is 313 g/mol. The molecular weight excluding hydrogens is 302 g/mol. The van der Waals surface area contributed by atoms with Crippen LogP contribution < -0.4 is 11.3 Å². The number of carbonyl (C=O) groups is 1. The average Bonchev–Trinajstić information content (AvgIpc) is 3.37. The van der Waals surface area contributed by atoms with Crippen LogP contribution in [0.25, 0.3) is 11.3 Å². The highest BCUT2D eigenvalue weighted by molar-refractivity contribution is 6.29. The quantitative estimate of drug-likeness (QED) is 0.391. The first-order chi connectivity index (χ1) is 10.6. The molecule has 0 bridgehead atoms. The second-order valence-corrected chi connectivity index (χ2v) is 5.47. The van der Waals surface area contributed by atoms with Crippen LogP contribution in [0.1, 0.15) is 40.4 Å². The predicted octanol–water partition coefficient (Wildman–Crippen LogP) is 2.15. The van der Waals surface area contributed by atoms with E-state index in [4.69, 9.17) is 22.7 Å². The molecule has 0 aliphatic heterocycles. The van der Waals surface area contributed by atoms with Gasteiger partial charge in [-0.2, -0.15) is 5.26 Å². The van der Waals surface area contributed by atoms with Gasteiger partial charge in [-0.1, -0.05) is 11.6 Å². The number of nitrogen functional groups attached to an aromatic ring is 1. The molecule has 6 nitrogen and oxygen atoms in total. The molecule has 0 unspecified atom stereocenters. The summed E-state index contributed by atoms with van der Waals surface area (Å²) in [5.74, 6) is 5.12. The van der Waals surface area contributed by atoms with Crippen LogP contribution in [0.3, 0.4) is 0 Å². The molecule has 1 fully saturated rings. The number of nitrogens with two attached hydrogens (primary N) is 1. The van der Waals surface area contributed by atoms with Crippen molar-refractivity contribution in [2.24, 2.45) is 5.84 Å². The molecule has 2 aromatic heterocycles. The van der Waals surface area contributed by atoms with E-state index in [1.807, 2.05) is 12.1 Å². The number of rotatable bonds is 3. The summed E-state index contributed by atoms with van der Waals surface area (Å²) in [6.45, 7) is 0. The van der Waals surface area contributed by atoms with Gasteiger partial charge < -0.3 is 0 Å². The van der Waals surface area contributed by atoms with Crippen LogP contribution in [0, 0.1) is 11.3 Å². The number of amides is 1. The minimum atomic E-state index is -0.513. The highest BCUT2D eigenvalue weighted by Gasteiger charge is 2.26. The molecule has 2 heterocycles. The highest BCUT2D eigenvalue weighted by Crippen LogP contribution is 2.40. The van der Waals surface area contributed by atoms with Crippen molar-refractivity contribution in [2.45, 2.75) is 18.8 Å². The van der Waals surface area contributed by atoms with E-state index in [1.54, 1.807) is 6.07 Å². The maximum atomic E-state index is 12.0. The van der Waals surface area contributed by atoms with Crippen molar-refractivity contribution in [3.8, 4) is 17.3 Å². The average molecular weight is 314 g/mol. The number of halogens is 1. The topological polar surface area (TPSA) is 105 Å². The Morgan fingerprint density at radius 3 is 2.82 bits per heavy atom. The van der Waals surface area contributed by atoms with Gasteiger partial charge in [0.1, 0.15) is 11.2 Å². The zero-order chi connectivity index (χ0) is 15.7. The Hall–Kier alpha value is -2.49. The molecule has 0 aromatic carbocycles. The smallest absolute Gasteiger partial charge is 0.267 e. The summed E-state index contributed by atoms with van der Waals surface area (Å²) in [7, 11) is 0. The normalized spacial score (nSPS) is 13.5. The minimum absolute atomic E-state index is 0.227. The number of nitriles is 1. The zero-order valence-corrected chi connectivity index (χ0v) is 12.3. The molecule has 3 rings (SSSR count). The second kappa shape index (κ2) is 5.72. The number of hydrogen-bond donors (Lipinski definition) is 2. The standard InChI is InChI=1S/C15H12ClN5O/c16-13-5-10(4-12(20-13)9-1-2-9)14-11(15(22)21-18)3-8(6-17)7-19-14/h3-5,7,9H,1-2,18H2,(H,21,22). The molecule has 3 N–H and O–H groups in total. The molecule has 1 aliphatic carbocycles. The lowest BCUT2D eigenvalue weighted by Crippen LogP contribution is -2.30. The van der Waals surface area contributed by atoms with E-state index in [0.717, 1.165) is 18.5 Å². The van der Waals surface area contributed by atoms with E-state index < -0.39 is 5.91 Å². The van der Waals surface area contributed by atoms with E-state index in [2.05, 4.69) is 15.4 Å². The van der Waals surface area contributed by atoms with Crippen LogP contribution in [0.2, 0.25) is 5.15 Å². The van der Waals surface area contributed by atoms with E-state index in [-0.39, 0.29) is 11.1 Å². The molecule has 0 radical (unpaired) electrons. The Morgan fingerprint density at radius 1 is 1.41 bits per heavy atom. The third-order valence-corrected chi connectivity index (χ3v) is 3.67. The lowest BCUT2D eigenvalue weighted by Gasteiger charge is -2.10. The van der Waals surface area contributed by atoms with Crippen molar-refractivity contribution in [2.75, 3.05) is 0 Å². The van der Waals surface area contributed by atoms with Gasteiger partial charge in [-0.3, -0.25) is 15.2 Å². The predicted molar refractivity (Wildman–Crippen MR) is 80.8 cm³/mol. The summed E-state index contributed by atoms with van der Waals surface area (Å²) >= 11 is 6.08. The van der Waals surface area contributed by atoms with Crippen molar-refractivity contribution in [3.05, 3.63) is 46.4 Å². The largest absolute Gasteiger partial charge is 0.290 e. The molecule has 1 saturated carbocycles. The van der Waals surface area contributed by atoms with Gasteiger partial charge in [-0.25, -0.2) is 10.8 Å². The zero-order valence-electron chi connectivity index (χ0n) is 11.5. The first-order valence-corrected chi connectivity index (χ1v) is 7.09. The number of hydrazine groups is 1. The molecule has 1 amide bonds. The maximum Gasteiger partial charge on any atom is 0.267 e.